The van der Waals surface area contributed by atoms with Gasteiger partial charge in [0, 0.05) is 12.8 Å². The van der Waals surface area contributed by atoms with Crippen molar-refractivity contribution in [3.05, 3.63) is 24.3 Å². The van der Waals surface area contributed by atoms with Crippen molar-refractivity contribution in [2.75, 3.05) is 23.9 Å². The fourth-order valence-corrected chi connectivity index (χ4v) is 2.27. The average Bonchev–Trinajstić information content (AvgIpc) is 2.63. The van der Waals surface area contributed by atoms with Crippen molar-refractivity contribution < 1.29 is 14.3 Å². The van der Waals surface area contributed by atoms with E-state index in [1.54, 1.807) is 31.2 Å². The Balaban J connectivity index is 2.20. The summed E-state index contributed by atoms with van der Waals surface area (Å²) in [5.74, 6) is -0.373. The summed E-state index contributed by atoms with van der Waals surface area (Å²) in [6, 6.07) is 6.59. The first-order valence-corrected chi connectivity index (χ1v) is 6.47. The molecule has 0 bridgehead atoms. The minimum Gasteiger partial charge on any atom is -0.375 e. The van der Waals surface area contributed by atoms with Gasteiger partial charge < -0.3 is 15.4 Å². The van der Waals surface area contributed by atoms with E-state index in [9.17, 15) is 9.59 Å². The predicted molar refractivity (Wildman–Crippen MR) is 79.6 cm³/mol. The van der Waals surface area contributed by atoms with Crippen molar-refractivity contribution in [1.29, 1.82) is 0 Å². The maximum Gasteiger partial charge on any atom is 0.255 e. The van der Waals surface area contributed by atoms with Gasteiger partial charge in [0.15, 0.2) is 5.11 Å². The van der Waals surface area contributed by atoms with Gasteiger partial charge in [-0.1, -0.05) is 6.07 Å². The van der Waals surface area contributed by atoms with Gasteiger partial charge in [-0.2, -0.15) is 0 Å². The van der Waals surface area contributed by atoms with Crippen LogP contribution >= 0.6 is 12.2 Å². The number of amides is 2. The van der Waals surface area contributed by atoms with Crippen LogP contribution in [0.4, 0.5) is 11.4 Å². The van der Waals surface area contributed by atoms with Crippen LogP contribution in [0.1, 0.15) is 6.92 Å². The number of hydrogen-bond acceptors (Lipinski definition) is 4. The summed E-state index contributed by atoms with van der Waals surface area (Å²) in [5, 5.41) is 5.94. The summed E-state index contributed by atoms with van der Waals surface area (Å²) in [5.41, 5.74) is 1.20. The van der Waals surface area contributed by atoms with Crippen LogP contribution in [0.5, 0.6) is 0 Å². The number of ether oxygens (including phenoxy) is 1. The van der Waals surface area contributed by atoms with E-state index in [0.29, 0.717) is 16.5 Å². The summed E-state index contributed by atoms with van der Waals surface area (Å²) in [7, 11) is 1.45. The lowest BCUT2D eigenvalue weighted by Crippen LogP contribution is -2.30. The second-order valence-electron chi connectivity index (χ2n) is 4.38. The standard InChI is InChI=1S/C13H15N3O3S/c1-8-12(18)16(13(20)14-8)10-5-3-4-9(6-10)15-11(17)7-19-2/h3-6,8H,7H2,1-2H3,(H,14,20)(H,15,17)/t8-/m0/s1. The smallest absolute Gasteiger partial charge is 0.255 e. The molecule has 1 aromatic rings. The van der Waals surface area contributed by atoms with E-state index in [1.807, 2.05) is 0 Å². The van der Waals surface area contributed by atoms with Crippen molar-refractivity contribution >= 4 is 40.5 Å². The Morgan fingerprint density at radius 2 is 2.30 bits per heavy atom. The number of anilines is 2. The molecule has 1 aliphatic rings. The zero-order valence-electron chi connectivity index (χ0n) is 11.2. The third-order valence-corrected chi connectivity index (χ3v) is 3.10. The molecular formula is C13H15N3O3S. The summed E-state index contributed by atoms with van der Waals surface area (Å²) >= 11 is 5.14. The molecule has 6 nitrogen and oxygen atoms in total. The highest BCUT2D eigenvalue weighted by atomic mass is 32.1. The molecule has 7 heteroatoms. The van der Waals surface area contributed by atoms with Crippen molar-refractivity contribution in [1.82, 2.24) is 5.32 Å². The van der Waals surface area contributed by atoms with Crippen LogP contribution < -0.4 is 15.5 Å². The first-order valence-electron chi connectivity index (χ1n) is 6.06. The summed E-state index contributed by atoms with van der Waals surface area (Å²) in [6.07, 6.45) is 0. The molecule has 0 radical (unpaired) electrons. The zero-order chi connectivity index (χ0) is 14.7. The predicted octanol–water partition coefficient (Wildman–Crippen LogP) is 0.881. The van der Waals surface area contributed by atoms with E-state index in [1.165, 1.54) is 12.0 Å². The quantitative estimate of drug-likeness (QED) is 0.807. The van der Waals surface area contributed by atoms with Gasteiger partial charge in [-0.25, -0.2) is 0 Å². The molecule has 20 heavy (non-hydrogen) atoms. The Kier molecular flexibility index (Phi) is 4.31. The van der Waals surface area contributed by atoms with Gasteiger partial charge in [-0.15, -0.1) is 0 Å². The van der Waals surface area contributed by atoms with Gasteiger partial charge in [0.05, 0.1) is 5.69 Å². The molecule has 106 valence electrons. The number of benzene rings is 1. The topological polar surface area (TPSA) is 70.7 Å². The minimum absolute atomic E-state index is 0.0239. The van der Waals surface area contributed by atoms with Gasteiger partial charge in [0.25, 0.3) is 5.91 Å². The average molecular weight is 293 g/mol. The molecule has 1 atom stereocenters. The fraction of sp³-hybridized carbons (Fsp3) is 0.308. The van der Waals surface area contributed by atoms with E-state index < -0.39 is 0 Å². The molecule has 0 saturated carbocycles. The second kappa shape index (κ2) is 5.98. The molecule has 1 heterocycles. The van der Waals surface area contributed by atoms with E-state index in [4.69, 9.17) is 17.0 Å². The molecular weight excluding hydrogens is 278 g/mol. The van der Waals surface area contributed by atoms with Crippen molar-refractivity contribution in [3.63, 3.8) is 0 Å². The normalized spacial score (nSPS) is 18.1. The van der Waals surface area contributed by atoms with E-state index >= 15 is 0 Å². The molecule has 0 aromatic heterocycles. The Morgan fingerprint density at radius 3 is 2.90 bits per heavy atom. The van der Waals surface area contributed by atoms with Gasteiger partial charge in [-0.3, -0.25) is 14.5 Å². The molecule has 2 N–H and O–H groups in total. The molecule has 2 amide bonds. The first kappa shape index (κ1) is 14.4. The highest BCUT2D eigenvalue weighted by Crippen LogP contribution is 2.23. The van der Waals surface area contributed by atoms with Crippen molar-refractivity contribution in [2.24, 2.45) is 0 Å². The highest BCUT2D eigenvalue weighted by molar-refractivity contribution is 7.80. The van der Waals surface area contributed by atoms with Crippen LogP contribution in [-0.4, -0.2) is 36.7 Å². The van der Waals surface area contributed by atoms with E-state index in [0.717, 1.165) is 0 Å². The van der Waals surface area contributed by atoms with Gasteiger partial charge in [0.1, 0.15) is 12.6 Å². The number of nitrogens with one attached hydrogen (secondary N) is 2. The largest absolute Gasteiger partial charge is 0.375 e. The Labute approximate surface area is 122 Å². The monoisotopic (exact) mass is 293 g/mol. The molecule has 0 unspecified atom stereocenters. The van der Waals surface area contributed by atoms with Gasteiger partial charge in [-0.05, 0) is 37.3 Å². The number of carbonyl (C=O) groups excluding carboxylic acids is 2. The molecule has 1 aliphatic heterocycles. The summed E-state index contributed by atoms with van der Waals surface area (Å²) < 4.78 is 4.75. The number of rotatable bonds is 4. The number of carbonyl (C=O) groups is 2. The molecule has 1 aromatic carbocycles. The summed E-state index contributed by atoms with van der Waals surface area (Å²) in [6.45, 7) is 1.72. The Hall–Kier alpha value is -1.99. The molecule has 1 saturated heterocycles. The maximum absolute atomic E-state index is 12.0. The minimum atomic E-state index is -0.339. The molecule has 0 aliphatic carbocycles. The Bertz CT molecular complexity index is 562. The molecule has 2 rings (SSSR count). The van der Waals surface area contributed by atoms with E-state index in [-0.39, 0.29) is 24.5 Å². The Morgan fingerprint density at radius 1 is 1.55 bits per heavy atom. The van der Waals surface area contributed by atoms with Gasteiger partial charge in [0.2, 0.25) is 5.91 Å². The van der Waals surface area contributed by atoms with E-state index in [2.05, 4.69) is 10.6 Å². The van der Waals surface area contributed by atoms with Crippen LogP contribution in [0.15, 0.2) is 24.3 Å². The third kappa shape index (κ3) is 2.94. The van der Waals surface area contributed by atoms with Crippen LogP contribution in [0.2, 0.25) is 0 Å². The highest BCUT2D eigenvalue weighted by Gasteiger charge is 2.33. The lowest BCUT2D eigenvalue weighted by Gasteiger charge is -2.16. The SMILES string of the molecule is COCC(=O)Nc1cccc(N2C(=O)[C@H](C)NC2=S)c1. The molecule has 0 spiro atoms. The lowest BCUT2D eigenvalue weighted by atomic mass is 10.2. The number of nitrogens with zero attached hydrogens (tertiary/aromatic N) is 1. The zero-order valence-corrected chi connectivity index (χ0v) is 12.0. The number of hydrogen-bond donors (Lipinski definition) is 2. The molecule has 1 fully saturated rings. The van der Waals surface area contributed by atoms with Crippen molar-refractivity contribution in [3.8, 4) is 0 Å². The van der Waals surface area contributed by atoms with Crippen LogP contribution in [0, 0.1) is 0 Å². The van der Waals surface area contributed by atoms with Crippen molar-refractivity contribution in [2.45, 2.75) is 13.0 Å². The van der Waals surface area contributed by atoms with Crippen LogP contribution in [-0.2, 0) is 14.3 Å². The fourth-order valence-electron chi connectivity index (χ4n) is 1.90. The number of thiocarbonyl (C=S) groups is 1. The summed E-state index contributed by atoms with van der Waals surface area (Å²) in [4.78, 5) is 24.9. The maximum atomic E-state index is 12.0. The lowest BCUT2D eigenvalue weighted by molar-refractivity contribution is -0.119. The van der Waals surface area contributed by atoms with Crippen LogP contribution in [0.3, 0.4) is 0 Å². The van der Waals surface area contributed by atoms with Gasteiger partial charge >= 0.3 is 0 Å². The first-order chi connectivity index (χ1) is 9.52. The second-order valence-corrected chi connectivity index (χ2v) is 4.76. The third-order valence-electron chi connectivity index (χ3n) is 2.80. The van der Waals surface area contributed by atoms with Crippen LogP contribution in [0.25, 0.3) is 0 Å². The number of methoxy groups -OCH3 is 1.